The molecule has 0 unspecified atom stereocenters. The molecule has 0 aliphatic heterocycles. The zero-order valence-electron chi connectivity index (χ0n) is 10.1. The second-order valence-electron chi connectivity index (χ2n) is 3.72. The predicted molar refractivity (Wildman–Crippen MR) is 69.5 cm³/mol. The van der Waals surface area contributed by atoms with Gasteiger partial charge in [0.05, 0.1) is 0 Å². The van der Waals surface area contributed by atoms with E-state index in [0.717, 1.165) is 0 Å². The van der Waals surface area contributed by atoms with Crippen LogP contribution in [0.25, 0.3) is 10.8 Å². The minimum absolute atomic E-state index is 0. The molecule has 0 saturated heterocycles. The number of hydrogen-bond acceptors (Lipinski definition) is 0. The van der Waals surface area contributed by atoms with Crippen molar-refractivity contribution in [1.82, 2.24) is 0 Å². The van der Waals surface area contributed by atoms with Gasteiger partial charge < -0.3 is 0 Å². The first-order valence-electron chi connectivity index (χ1n) is 4.76. The molecule has 2 aromatic carbocycles. The molecule has 2 radical (unpaired) electrons. The van der Waals surface area contributed by atoms with E-state index in [1.165, 1.54) is 16.3 Å². The summed E-state index contributed by atoms with van der Waals surface area (Å²) in [5, 5.41) is 2.73. The second kappa shape index (κ2) is 7.11. The Bertz CT molecular complexity index is 416. The van der Waals surface area contributed by atoms with E-state index in [1.54, 1.807) is 0 Å². The summed E-state index contributed by atoms with van der Waals surface area (Å²) in [6, 6.07) is 15.1. The third-order valence-corrected chi connectivity index (χ3v) is 2.45. The Kier molecular flexibility index (Phi) is 7.44. The summed E-state index contributed by atoms with van der Waals surface area (Å²) >= 11 is 0. The summed E-state index contributed by atoms with van der Waals surface area (Å²) < 4.78 is 0. The fourth-order valence-corrected chi connectivity index (χ4v) is 1.75. The van der Waals surface area contributed by atoms with Crippen LogP contribution in [-0.4, -0.2) is 59.1 Å². The Balaban J connectivity index is 0.000000980. The fraction of sp³-hybridized carbons (Fsp3) is 0.231. The third kappa shape index (κ3) is 3.59. The third-order valence-electron chi connectivity index (χ3n) is 2.45. The largest absolute Gasteiger partial charge is 0.0616 e. The quantitative estimate of drug-likeness (QED) is 0.642. The molecule has 2 heteroatoms. The van der Waals surface area contributed by atoms with Crippen LogP contribution in [0.1, 0.15) is 25.3 Å². The topological polar surface area (TPSA) is 0 Å². The average Bonchev–Trinajstić information content (AvgIpc) is 2.17. The Labute approximate surface area is 136 Å². The molecule has 0 amide bonds. The average molecular weight is 216 g/mol. The summed E-state index contributed by atoms with van der Waals surface area (Å²) in [4.78, 5) is 0. The molecule has 0 aliphatic rings. The molecule has 0 fully saturated rings. The van der Waals surface area contributed by atoms with Gasteiger partial charge in [-0.15, -0.1) is 0 Å². The SMILES string of the molecule is CC(C)c1cccc2ccccc12.[Na].[Na]. The van der Waals surface area contributed by atoms with Crippen LogP contribution < -0.4 is 0 Å². The summed E-state index contributed by atoms with van der Waals surface area (Å²) in [5.41, 5.74) is 1.44. The molecule has 2 aromatic rings. The maximum atomic E-state index is 2.24. The van der Waals surface area contributed by atoms with Crippen LogP contribution in [0.2, 0.25) is 0 Å². The Morgan fingerprint density at radius 2 is 1.40 bits per heavy atom. The van der Waals surface area contributed by atoms with Crippen LogP contribution in [0.5, 0.6) is 0 Å². The van der Waals surface area contributed by atoms with Crippen molar-refractivity contribution in [3.8, 4) is 0 Å². The maximum Gasteiger partial charge on any atom is 0 e. The maximum absolute atomic E-state index is 2.24. The first kappa shape index (κ1) is 15.7. The number of rotatable bonds is 1. The number of hydrogen-bond donors (Lipinski definition) is 0. The number of benzene rings is 2. The first-order chi connectivity index (χ1) is 6.29. The van der Waals surface area contributed by atoms with Crippen molar-refractivity contribution >= 4 is 69.9 Å². The van der Waals surface area contributed by atoms with Gasteiger partial charge in [-0.05, 0) is 22.3 Å². The van der Waals surface area contributed by atoms with Crippen molar-refractivity contribution in [2.45, 2.75) is 19.8 Å². The molecule has 0 N–H and O–H groups in total. The van der Waals surface area contributed by atoms with Crippen molar-refractivity contribution in [3.63, 3.8) is 0 Å². The van der Waals surface area contributed by atoms with E-state index < -0.39 is 0 Å². The van der Waals surface area contributed by atoms with Crippen molar-refractivity contribution in [2.75, 3.05) is 0 Å². The molecule has 68 valence electrons. The standard InChI is InChI=1S/C13H14.2Na/c1-10(2)12-9-5-7-11-6-3-4-8-13(11)12;;/h3-10H,1-2H3;;. The van der Waals surface area contributed by atoms with Gasteiger partial charge in [-0.3, -0.25) is 0 Å². The first-order valence-corrected chi connectivity index (χ1v) is 4.76. The van der Waals surface area contributed by atoms with E-state index in [-0.39, 0.29) is 59.1 Å². The zero-order valence-corrected chi connectivity index (χ0v) is 14.1. The van der Waals surface area contributed by atoms with E-state index in [2.05, 4.69) is 56.3 Å². The Morgan fingerprint density at radius 1 is 0.800 bits per heavy atom. The van der Waals surface area contributed by atoms with Gasteiger partial charge in [0.25, 0.3) is 0 Å². The van der Waals surface area contributed by atoms with Crippen molar-refractivity contribution in [3.05, 3.63) is 48.0 Å². The van der Waals surface area contributed by atoms with Crippen molar-refractivity contribution in [2.24, 2.45) is 0 Å². The minimum Gasteiger partial charge on any atom is -0.0616 e. The smallest absolute Gasteiger partial charge is 0 e. The van der Waals surface area contributed by atoms with Crippen LogP contribution in [0, 0.1) is 0 Å². The van der Waals surface area contributed by atoms with Gasteiger partial charge in [-0.2, -0.15) is 0 Å². The van der Waals surface area contributed by atoms with Crippen LogP contribution in [-0.2, 0) is 0 Å². The van der Waals surface area contributed by atoms with E-state index in [0.29, 0.717) is 5.92 Å². The fourth-order valence-electron chi connectivity index (χ4n) is 1.75. The molecule has 0 nitrogen and oxygen atoms in total. The van der Waals surface area contributed by atoms with Crippen LogP contribution >= 0.6 is 0 Å². The molecule has 0 bridgehead atoms. The normalized spacial score (nSPS) is 9.53. The summed E-state index contributed by atoms with van der Waals surface area (Å²) in [6.45, 7) is 4.48. The van der Waals surface area contributed by atoms with Crippen LogP contribution in [0.3, 0.4) is 0 Å². The zero-order chi connectivity index (χ0) is 9.26. The molecular formula is C13H14Na2. The monoisotopic (exact) mass is 216 g/mol. The van der Waals surface area contributed by atoms with Crippen molar-refractivity contribution < 1.29 is 0 Å². The van der Waals surface area contributed by atoms with Crippen LogP contribution in [0.4, 0.5) is 0 Å². The van der Waals surface area contributed by atoms with Gasteiger partial charge in [-0.25, -0.2) is 0 Å². The number of fused-ring (bicyclic) bond motifs is 1. The van der Waals surface area contributed by atoms with E-state index in [4.69, 9.17) is 0 Å². The molecule has 0 heterocycles. The molecule has 0 aromatic heterocycles. The summed E-state index contributed by atoms with van der Waals surface area (Å²) in [6.07, 6.45) is 0. The van der Waals surface area contributed by atoms with Gasteiger partial charge in [0.15, 0.2) is 0 Å². The summed E-state index contributed by atoms with van der Waals surface area (Å²) in [5.74, 6) is 0.603. The Hall–Kier alpha value is 0.700. The van der Waals surface area contributed by atoms with Gasteiger partial charge in [0.2, 0.25) is 0 Å². The van der Waals surface area contributed by atoms with Gasteiger partial charge in [0.1, 0.15) is 0 Å². The Morgan fingerprint density at radius 3 is 2.07 bits per heavy atom. The van der Waals surface area contributed by atoms with Gasteiger partial charge >= 0.3 is 0 Å². The predicted octanol–water partition coefficient (Wildman–Crippen LogP) is 3.20. The molecule has 0 saturated carbocycles. The van der Waals surface area contributed by atoms with E-state index in [1.807, 2.05) is 0 Å². The molecule has 0 spiro atoms. The van der Waals surface area contributed by atoms with Crippen molar-refractivity contribution in [1.29, 1.82) is 0 Å². The molecule has 2 rings (SSSR count). The van der Waals surface area contributed by atoms with Gasteiger partial charge in [0, 0.05) is 59.1 Å². The summed E-state index contributed by atoms with van der Waals surface area (Å²) in [7, 11) is 0. The minimum atomic E-state index is 0. The van der Waals surface area contributed by atoms with E-state index in [9.17, 15) is 0 Å². The second-order valence-corrected chi connectivity index (χ2v) is 3.72. The van der Waals surface area contributed by atoms with Gasteiger partial charge in [-0.1, -0.05) is 56.3 Å². The molecular weight excluding hydrogens is 202 g/mol. The van der Waals surface area contributed by atoms with E-state index >= 15 is 0 Å². The van der Waals surface area contributed by atoms with Crippen LogP contribution in [0.15, 0.2) is 42.5 Å². The molecule has 15 heavy (non-hydrogen) atoms. The molecule has 0 aliphatic carbocycles. The molecule has 0 atom stereocenters.